The second kappa shape index (κ2) is 14.3. The van der Waals surface area contributed by atoms with Gasteiger partial charge in [0.1, 0.15) is 39.9 Å². The number of nitrogens with one attached hydrogen (secondary N) is 2. The van der Waals surface area contributed by atoms with Gasteiger partial charge in [-0.25, -0.2) is 23.2 Å². The number of ether oxygens (including phenoxy) is 2. The molecular weight excluding hydrogens is 705 g/mol. The van der Waals surface area contributed by atoms with Crippen molar-refractivity contribution in [3.05, 3.63) is 47.5 Å². The Kier molecular flexibility index (Phi) is 9.93. The zero-order chi connectivity index (χ0) is 36.8. The molecule has 278 valence electrons. The zero-order valence-corrected chi connectivity index (χ0v) is 31.6. The van der Waals surface area contributed by atoms with Gasteiger partial charge in [-0.1, -0.05) is 32.4 Å². The highest BCUT2D eigenvalue weighted by molar-refractivity contribution is 7.91. The van der Waals surface area contributed by atoms with E-state index in [0.29, 0.717) is 42.1 Å². The van der Waals surface area contributed by atoms with Crippen molar-refractivity contribution in [2.24, 2.45) is 5.92 Å². The number of sulfonamides is 1. The summed E-state index contributed by atoms with van der Waals surface area (Å²) in [6.45, 7) is 4.83. The van der Waals surface area contributed by atoms with E-state index in [0.717, 1.165) is 41.8 Å². The summed E-state index contributed by atoms with van der Waals surface area (Å²) in [5, 5.41) is 5.85. The Bertz CT molecular complexity index is 2010. The van der Waals surface area contributed by atoms with E-state index in [1.165, 1.54) is 16.2 Å². The minimum absolute atomic E-state index is 0.129. The minimum Gasteiger partial charge on any atom is -0.497 e. The molecule has 4 aliphatic rings. The molecule has 2 aliphatic carbocycles. The number of allylic oxidation sites excluding steroid dienone is 1. The topological polar surface area (TPSA) is 160 Å². The quantitative estimate of drug-likeness (QED) is 0.303. The van der Waals surface area contributed by atoms with Gasteiger partial charge in [0, 0.05) is 48.8 Å². The number of thiazole rings is 1. The van der Waals surface area contributed by atoms with E-state index in [1.807, 2.05) is 41.8 Å². The maximum atomic E-state index is 14.3. The summed E-state index contributed by atoms with van der Waals surface area (Å²) in [4.78, 5) is 54.7. The number of hydrogen-bond donors (Lipinski definition) is 2. The molecule has 2 saturated carbocycles. The number of rotatable bonds is 8. The molecule has 52 heavy (non-hydrogen) atoms. The van der Waals surface area contributed by atoms with Crippen LogP contribution in [0.25, 0.3) is 21.6 Å². The van der Waals surface area contributed by atoms with Gasteiger partial charge in [0.25, 0.3) is 5.91 Å². The van der Waals surface area contributed by atoms with Crippen LogP contribution in [0.15, 0.2) is 41.8 Å². The average Bonchev–Trinajstić information content (AvgIpc) is 3.99. The molecule has 2 aromatic heterocycles. The number of fused-ring (bicyclic) bond motifs is 3. The first kappa shape index (κ1) is 36.1. The Morgan fingerprint density at radius 2 is 1.94 bits per heavy atom. The van der Waals surface area contributed by atoms with E-state index in [2.05, 4.69) is 23.9 Å². The minimum atomic E-state index is -3.84. The van der Waals surface area contributed by atoms with Crippen molar-refractivity contribution < 1.29 is 32.3 Å². The molecule has 2 N–H and O–H groups in total. The van der Waals surface area contributed by atoms with Crippen molar-refractivity contribution in [3.63, 3.8) is 0 Å². The summed E-state index contributed by atoms with van der Waals surface area (Å²) in [5.41, 5.74) is 0.828. The summed E-state index contributed by atoms with van der Waals surface area (Å²) < 4.78 is 40.0. The number of pyridine rings is 1. The fraction of sp³-hybridized carbons (Fsp3) is 0.541. The number of carbonyl (C=O) groups is 3. The Morgan fingerprint density at radius 1 is 1.13 bits per heavy atom. The second-order valence-electron chi connectivity index (χ2n) is 14.7. The van der Waals surface area contributed by atoms with Crippen LogP contribution in [-0.4, -0.2) is 96.2 Å². The molecule has 1 saturated heterocycles. The van der Waals surface area contributed by atoms with Crippen molar-refractivity contribution in [3.8, 4) is 22.2 Å². The summed E-state index contributed by atoms with van der Waals surface area (Å²) in [6, 6.07) is 6.12. The molecule has 0 spiro atoms. The van der Waals surface area contributed by atoms with Crippen LogP contribution in [0, 0.1) is 5.92 Å². The van der Waals surface area contributed by atoms with Gasteiger partial charge < -0.3 is 24.6 Å². The highest BCUT2D eigenvalue weighted by Crippen LogP contribution is 2.46. The van der Waals surface area contributed by atoms with E-state index >= 15 is 0 Å². The lowest BCUT2D eigenvalue weighted by molar-refractivity contribution is -0.131. The predicted octanol–water partition coefficient (Wildman–Crippen LogP) is 4.98. The largest absolute Gasteiger partial charge is 0.497 e. The molecule has 4 amide bonds. The number of hydrogen-bond acceptors (Lipinski definition) is 10. The number of amides is 4. The van der Waals surface area contributed by atoms with Crippen LogP contribution < -0.4 is 19.5 Å². The summed E-state index contributed by atoms with van der Waals surface area (Å²) in [6.07, 6.45) is 8.17. The molecular formula is C37H46N6O7S2. The molecule has 1 aromatic carbocycles. The van der Waals surface area contributed by atoms with Crippen molar-refractivity contribution in [1.29, 1.82) is 0 Å². The molecule has 2 aliphatic heterocycles. The van der Waals surface area contributed by atoms with E-state index in [4.69, 9.17) is 19.4 Å². The maximum absolute atomic E-state index is 14.3. The van der Waals surface area contributed by atoms with Gasteiger partial charge in [0.15, 0.2) is 0 Å². The van der Waals surface area contributed by atoms with Crippen LogP contribution in [0.5, 0.6) is 11.5 Å². The third-order valence-corrected chi connectivity index (χ3v) is 13.1. The number of urea groups is 1. The van der Waals surface area contributed by atoms with E-state index in [-0.39, 0.29) is 37.3 Å². The number of aromatic nitrogens is 2. The van der Waals surface area contributed by atoms with E-state index in [9.17, 15) is 22.8 Å². The Labute approximate surface area is 308 Å². The zero-order valence-electron chi connectivity index (χ0n) is 30.0. The van der Waals surface area contributed by atoms with Crippen molar-refractivity contribution >= 4 is 50.1 Å². The molecule has 13 nitrogen and oxygen atoms in total. The maximum Gasteiger partial charge on any atom is 0.320 e. The predicted molar refractivity (Wildman–Crippen MR) is 198 cm³/mol. The van der Waals surface area contributed by atoms with Crippen LogP contribution >= 0.6 is 11.3 Å². The van der Waals surface area contributed by atoms with Gasteiger partial charge in [0.05, 0.1) is 30.1 Å². The summed E-state index contributed by atoms with van der Waals surface area (Å²) in [5.74, 6) is -0.197. The lowest BCUT2D eigenvalue weighted by Crippen LogP contribution is -2.57. The lowest BCUT2D eigenvalue weighted by atomic mass is 10.1. The van der Waals surface area contributed by atoms with Gasteiger partial charge in [-0.2, -0.15) is 0 Å². The monoisotopic (exact) mass is 750 g/mol. The van der Waals surface area contributed by atoms with E-state index in [1.54, 1.807) is 19.1 Å². The Balaban J connectivity index is 1.20. The SMILES string of the molecule is COc1ccc2c(O[C@@H]3C[C@H]4C(=O)N[C@]5(C(=O)NS(=O)(=O)C6CC6)C[C@H]5/C=C\CCCCCN(C)C(=O)N4C3)cc(-c3nc(C(C)C)cs3)nc2c1. The highest BCUT2D eigenvalue weighted by atomic mass is 32.2. The van der Waals surface area contributed by atoms with Crippen LogP contribution in [0.3, 0.4) is 0 Å². The van der Waals surface area contributed by atoms with Crippen LogP contribution in [-0.2, 0) is 19.6 Å². The van der Waals surface area contributed by atoms with Gasteiger partial charge in [-0.05, 0) is 56.6 Å². The Morgan fingerprint density at radius 3 is 2.67 bits per heavy atom. The standard InChI is InChI=1S/C37H46N6O7S2/c1-22(2)30-21-51-34(39-30)29-18-32(27-14-11-24(49-4)16-28(27)38-29)50-25-17-31-33(44)40-37(35(45)41-52(47,48)26-12-13-26)19-23(37)10-8-6-5-7-9-15-42(3)36(46)43(31)20-25/h8,10-11,14,16,18,21-23,25-26,31H,5-7,9,12-13,15,17,19-20H2,1-4H3,(H,40,44)(H,41,45)/b10-8-/t23-,25-,31+,37-/m1/s1. The van der Waals surface area contributed by atoms with Crippen LogP contribution in [0.4, 0.5) is 4.79 Å². The van der Waals surface area contributed by atoms with Crippen molar-refractivity contribution in [2.45, 2.75) is 94.1 Å². The van der Waals surface area contributed by atoms with Crippen LogP contribution in [0.1, 0.15) is 76.8 Å². The fourth-order valence-electron chi connectivity index (χ4n) is 7.03. The molecule has 0 bridgehead atoms. The molecule has 3 aromatic rings. The Hall–Kier alpha value is -4.24. The smallest absolute Gasteiger partial charge is 0.320 e. The first-order valence-corrected chi connectivity index (χ1v) is 20.5. The third-order valence-electron chi connectivity index (χ3n) is 10.4. The first-order chi connectivity index (χ1) is 24.9. The number of benzene rings is 1. The lowest BCUT2D eigenvalue weighted by Gasteiger charge is -2.30. The molecule has 4 heterocycles. The van der Waals surface area contributed by atoms with Crippen molar-refractivity contribution in [1.82, 2.24) is 29.8 Å². The fourth-order valence-corrected chi connectivity index (χ4v) is 9.34. The molecule has 0 radical (unpaired) electrons. The highest BCUT2D eigenvalue weighted by Gasteiger charge is 2.62. The molecule has 3 fully saturated rings. The van der Waals surface area contributed by atoms with Gasteiger partial charge in [-0.3, -0.25) is 14.3 Å². The summed E-state index contributed by atoms with van der Waals surface area (Å²) in [7, 11) is -0.516. The average molecular weight is 751 g/mol. The molecule has 4 atom stereocenters. The molecule has 7 rings (SSSR count). The third kappa shape index (κ3) is 7.34. The first-order valence-electron chi connectivity index (χ1n) is 18.1. The van der Waals surface area contributed by atoms with E-state index < -0.39 is 44.8 Å². The molecule has 15 heteroatoms. The van der Waals surface area contributed by atoms with Gasteiger partial charge >= 0.3 is 6.03 Å². The second-order valence-corrected chi connectivity index (χ2v) is 17.5. The normalized spacial score (nSPS) is 26.2. The number of methoxy groups -OCH3 is 1. The van der Waals surface area contributed by atoms with Crippen molar-refractivity contribution in [2.75, 3.05) is 27.2 Å². The van der Waals surface area contributed by atoms with Gasteiger partial charge in [-0.15, -0.1) is 11.3 Å². The number of nitrogens with zero attached hydrogens (tertiary/aromatic N) is 4. The van der Waals surface area contributed by atoms with Gasteiger partial charge in [0.2, 0.25) is 15.9 Å². The summed E-state index contributed by atoms with van der Waals surface area (Å²) >= 11 is 1.50. The number of carbonyl (C=O) groups excluding carboxylic acids is 3. The van der Waals surface area contributed by atoms with Crippen LogP contribution in [0.2, 0.25) is 0 Å². The molecule has 0 unspecified atom stereocenters.